The van der Waals surface area contributed by atoms with Crippen molar-refractivity contribution in [1.82, 2.24) is 10.2 Å². The van der Waals surface area contributed by atoms with Gasteiger partial charge in [-0.25, -0.2) is 0 Å². The van der Waals surface area contributed by atoms with Crippen LogP contribution in [0.3, 0.4) is 0 Å². The standard InChI is InChI=1S/C13H21N3/c1-16(2)10-11-5-3-4-6-13(11)15-12-7-8-14-9-12/h3-6,12,14-15H,7-10H2,1-2H3. The van der Waals surface area contributed by atoms with E-state index in [1.54, 1.807) is 0 Å². The molecule has 0 saturated carbocycles. The Morgan fingerprint density at radius 2 is 2.19 bits per heavy atom. The molecular formula is C13H21N3. The molecule has 0 spiro atoms. The first kappa shape index (κ1) is 11.4. The molecule has 1 saturated heterocycles. The second-order valence-electron chi connectivity index (χ2n) is 4.73. The third-order valence-electron chi connectivity index (χ3n) is 2.92. The third-order valence-corrected chi connectivity index (χ3v) is 2.92. The summed E-state index contributed by atoms with van der Waals surface area (Å²) in [5.41, 5.74) is 2.66. The molecule has 1 aromatic rings. The Labute approximate surface area is 97.8 Å². The van der Waals surface area contributed by atoms with Crippen LogP contribution in [0.1, 0.15) is 12.0 Å². The molecule has 1 heterocycles. The first-order valence-electron chi connectivity index (χ1n) is 5.95. The van der Waals surface area contributed by atoms with Crippen LogP contribution >= 0.6 is 0 Å². The lowest BCUT2D eigenvalue weighted by molar-refractivity contribution is 0.403. The fourth-order valence-electron chi connectivity index (χ4n) is 2.14. The predicted molar refractivity (Wildman–Crippen MR) is 68.7 cm³/mol. The lowest BCUT2D eigenvalue weighted by atomic mass is 10.1. The molecule has 16 heavy (non-hydrogen) atoms. The average molecular weight is 219 g/mol. The number of rotatable bonds is 4. The minimum atomic E-state index is 0.586. The lowest BCUT2D eigenvalue weighted by Gasteiger charge is -2.18. The van der Waals surface area contributed by atoms with Crippen molar-refractivity contribution in [2.45, 2.75) is 19.0 Å². The van der Waals surface area contributed by atoms with Crippen LogP contribution in [0.5, 0.6) is 0 Å². The van der Waals surface area contributed by atoms with Gasteiger partial charge >= 0.3 is 0 Å². The Kier molecular flexibility index (Phi) is 3.80. The van der Waals surface area contributed by atoms with Gasteiger partial charge in [0.25, 0.3) is 0 Å². The molecule has 3 heteroatoms. The highest BCUT2D eigenvalue weighted by Gasteiger charge is 2.14. The highest BCUT2D eigenvalue weighted by Crippen LogP contribution is 2.18. The monoisotopic (exact) mass is 219 g/mol. The van der Waals surface area contributed by atoms with Gasteiger partial charge in [-0.15, -0.1) is 0 Å². The SMILES string of the molecule is CN(C)Cc1ccccc1NC1CCNC1. The minimum Gasteiger partial charge on any atom is -0.381 e. The zero-order valence-corrected chi connectivity index (χ0v) is 10.2. The van der Waals surface area contributed by atoms with Crippen LogP contribution in [0.2, 0.25) is 0 Å². The number of nitrogens with one attached hydrogen (secondary N) is 2. The van der Waals surface area contributed by atoms with Gasteiger partial charge in [0.1, 0.15) is 0 Å². The molecule has 1 aliphatic heterocycles. The molecule has 0 aliphatic carbocycles. The van der Waals surface area contributed by atoms with Gasteiger partial charge in [-0.3, -0.25) is 0 Å². The first-order valence-corrected chi connectivity index (χ1v) is 5.95. The van der Waals surface area contributed by atoms with Crippen molar-refractivity contribution in [2.24, 2.45) is 0 Å². The van der Waals surface area contributed by atoms with E-state index in [0.29, 0.717) is 6.04 Å². The zero-order valence-electron chi connectivity index (χ0n) is 10.2. The molecule has 1 atom stereocenters. The Hall–Kier alpha value is -1.06. The van der Waals surface area contributed by atoms with Crippen molar-refractivity contribution >= 4 is 5.69 Å². The summed E-state index contributed by atoms with van der Waals surface area (Å²) in [6.45, 7) is 3.20. The number of hydrogen-bond donors (Lipinski definition) is 2. The van der Waals surface area contributed by atoms with Crippen molar-refractivity contribution in [1.29, 1.82) is 0 Å². The molecule has 2 rings (SSSR count). The van der Waals surface area contributed by atoms with Crippen LogP contribution in [0, 0.1) is 0 Å². The molecule has 0 bridgehead atoms. The normalized spacial score (nSPS) is 20.3. The topological polar surface area (TPSA) is 27.3 Å². The van der Waals surface area contributed by atoms with E-state index in [0.717, 1.165) is 19.6 Å². The fraction of sp³-hybridized carbons (Fsp3) is 0.538. The maximum Gasteiger partial charge on any atom is 0.0398 e. The maximum atomic E-state index is 3.63. The zero-order chi connectivity index (χ0) is 11.4. The van der Waals surface area contributed by atoms with E-state index in [9.17, 15) is 0 Å². The molecule has 1 aliphatic rings. The minimum absolute atomic E-state index is 0.586. The van der Waals surface area contributed by atoms with Crippen molar-refractivity contribution < 1.29 is 0 Å². The van der Waals surface area contributed by atoms with Crippen molar-refractivity contribution in [3.05, 3.63) is 29.8 Å². The highest BCUT2D eigenvalue weighted by atomic mass is 15.1. The summed E-state index contributed by atoms with van der Waals surface area (Å²) < 4.78 is 0. The van der Waals surface area contributed by atoms with Gasteiger partial charge in [-0.05, 0) is 38.7 Å². The quantitative estimate of drug-likeness (QED) is 0.804. The van der Waals surface area contributed by atoms with Gasteiger partial charge in [0.05, 0.1) is 0 Å². The molecule has 1 unspecified atom stereocenters. The summed E-state index contributed by atoms with van der Waals surface area (Å²) in [6, 6.07) is 9.17. The van der Waals surface area contributed by atoms with Gasteiger partial charge in [0.15, 0.2) is 0 Å². The maximum absolute atomic E-state index is 3.63. The molecule has 0 aromatic heterocycles. The van der Waals surface area contributed by atoms with Crippen LogP contribution in [-0.2, 0) is 6.54 Å². The summed E-state index contributed by atoms with van der Waals surface area (Å²) in [6.07, 6.45) is 1.22. The summed E-state index contributed by atoms with van der Waals surface area (Å²) in [5.74, 6) is 0. The average Bonchev–Trinajstić information content (AvgIpc) is 2.73. The van der Waals surface area contributed by atoms with E-state index in [2.05, 4.69) is 53.9 Å². The molecule has 88 valence electrons. The van der Waals surface area contributed by atoms with Crippen LogP contribution in [0.15, 0.2) is 24.3 Å². The molecule has 2 N–H and O–H groups in total. The number of para-hydroxylation sites is 1. The van der Waals surface area contributed by atoms with E-state index in [-0.39, 0.29) is 0 Å². The van der Waals surface area contributed by atoms with E-state index < -0.39 is 0 Å². The van der Waals surface area contributed by atoms with Gasteiger partial charge < -0.3 is 15.5 Å². The summed E-state index contributed by atoms with van der Waals surface area (Å²) >= 11 is 0. The summed E-state index contributed by atoms with van der Waals surface area (Å²) in [7, 11) is 4.21. The Balaban J connectivity index is 2.06. The largest absolute Gasteiger partial charge is 0.381 e. The Bertz CT molecular complexity index is 330. The number of nitrogens with zero attached hydrogens (tertiary/aromatic N) is 1. The second kappa shape index (κ2) is 5.32. The van der Waals surface area contributed by atoms with Crippen LogP contribution in [-0.4, -0.2) is 38.1 Å². The van der Waals surface area contributed by atoms with Gasteiger partial charge in [0, 0.05) is 24.8 Å². The first-order chi connectivity index (χ1) is 7.75. The van der Waals surface area contributed by atoms with E-state index in [1.807, 2.05) is 0 Å². The molecular weight excluding hydrogens is 198 g/mol. The van der Waals surface area contributed by atoms with Crippen molar-refractivity contribution in [3.8, 4) is 0 Å². The molecule has 0 amide bonds. The lowest BCUT2D eigenvalue weighted by Crippen LogP contribution is -2.23. The summed E-state index contributed by atoms with van der Waals surface area (Å²) in [4.78, 5) is 2.20. The summed E-state index contributed by atoms with van der Waals surface area (Å²) in [5, 5.41) is 7.01. The van der Waals surface area contributed by atoms with Crippen LogP contribution in [0.25, 0.3) is 0 Å². The molecule has 0 radical (unpaired) electrons. The van der Waals surface area contributed by atoms with Gasteiger partial charge in [0.2, 0.25) is 0 Å². The predicted octanol–water partition coefficient (Wildman–Crippen LogP) is 1.52. The Morgan fingerprint density at radius 1 is 1.38 bits per heavy atom. The molecule has 1 fully saturated rings. The van der Waals surface area contributed by atoms with E-state index in [1.165, 1.54) is 17.7 Å². The fourth-order valence-corrected chi connectivity index (χ4v) is 2.14. The van der Waals surface area contributed by atoms with Crippen molar-refractivity contribution in [3.63, 3.8) is 0 Å². The Morgan fingerprint density at radius 3 is 2.88 bits per heavy atom. The third kappa shape index (κ3) is 2.97. The van der Waals surface area contributed by atoms with Crippen LogP contribution in [0.4, 0.5) is 5.69 Å². The van der Waals surface area contributed by atoms with E-state index in [4.69, 9.17) is 0 Å². The van der Waals surface area contributed by atoms with Gasteiger partial charge in [-0.2, -0.15) is 0 Å². The number of benzene rings is 1. The van der Waals surface area contributed by atoms with Crippen LogP contribution < -0.4 is 10.6 Å². The number of anilines is 1. The smallest absolute Gasteiger partial charge is 0.0398 e. The van der Waals surface area contributed by atoms with Gasteiger partial charge in [-0.1, -0.05) is 18.2 Å². The molecule has 3 nitrogen and oxygen atoms in total. The highest BCUT2D eigenvalue weighted by molar-refractivity contribution is 5.52. The molecule has 1 aromatic carbocycles. The number of hydrogen-bond acceptors (Lipinski definition) is 3. The van der Waals surface area contributed by atoms with Crippen molar-refractivity contribution in [2.75, 3.05) is 32.5 Å². The van der Waals surface area contributed by atoms with E-state index >= 15 is 0 Å². The second-order valence-corrected chi connectivity index (χ2v) is 4.73.